The molecule has 49 heavy (non-hydrogen) atoms. The molecule has 268 valence electrons. The van der Waals surface area contributed by atoms with Crippen LogP contribution >= 0.6 is 0 Å². The van der Waals surface area contributed by atoms with Crippen molar-refractivity contribution < 1.29 is 37.1 Å². The van der Waals surface area contributed by atoms with Gasteiger partial charge >= 0.3 is 0 Å². The second-order valence-electron chi connectivity index (χ2n) is 11.6. The number of nitrogens with zero attached hydrogens (tertiary/aromatic N) is 2. The standard InChI is InChI=1S/C33H47N7O8S/c1-47-18-19-48-17-12-37-29(41)8-9-31(43)39-13-15-40(16-14-39)33(44)26(21-24-4-2-5-25(20-24)32(35)36)23-49(45,46)28-7-3-6-27(22-28)38-30(42)10-11-34/h2-7,20,22,26H,8-19,21,23,34H2,1H3,(H3,35,36)(H,37,41)(H,38,42)/t26-/m1/s1. The summed E-state index contributed by atoms with van der Waals surface area (Å²) in [6.45, 7) is 2.56. The molecule has 1 aliphatic heterocycles. The zero-order valence-corrected chi connectivity index (χ0v) is 28.6. The minimum Gasteiger partial charge on any atom is -0.384 e. The number of hydrogen-bond acceptors (Lipinski definition) is 10. The third kappa shape index (κ3) is 12.9. The number of nitrogens with two attached hydrogens (primary N) is 2. The predicted molar refractivity (Wildman–Crippen MR) is 184 cm³/mol. The summed E-state index contributed by atoms with van der Waals surface area (Å²) in [5.41, 5.74) is 12.5. The highest BCUT2D eigenvalue weighted by atomic mass is 32.2. The molecule has 2 aromatic carbocycles. The van der Waals surface area contributed by atoms with Crippen LogP contribution < -0.4 is 22.1 Å². The lowest BCUT2D eigenvalue weighted by atomic mass is 9.97. The third-order valence-corrected chi connectivity index (χ3v) is 9.66. The average molecular weight is 702 g/mol. The molecular formula is C33H47N7O8S. The first-order chi connectivity index (χ1) is 23.4. The number of sulfone groups is 1. The quantitative estimate of drug-likeness (QED) is 0.0755. The van der Waals surface area contributed by atoms with Crippen LogP contribution in [-0.4, -0.2) is 120 Å². The van der Waals surface area contributed by atoms with Gasteiger partial charge in [-0.1, -0.05) is 24.3 Å². The molecule has 1 saturated heterocycles. The van der Waals surface area contributed by atoms with Crippen LogP contribution in [0.4, 0.5) is 5.69 Å². The first kappa shape index (κ1) is 39.1. The van der Waals surface area contributed by atoms with Crippen molar-refractivity contribution in [3.63, 3.8) is 0 Å². The first-order valence-electron chi connectivity index (χ1n) is 16.1. The Kier molecular flexibility index (Phi) is 15.6. The maximum absolute atomic E-state index is 13.9. The maximum atomic E-state index is 13.9. The largest absolute Gasteiger partial charge is 0.384 e. The van der Waals surface area contributed by atoms with E-state index in [1.807, 2.05) is 0 Å². The summed E-state index contributed by atoms with van der Waals surface area (Å²) < 4.78 is 37.6. The molecule has 0 bridgehead atoms. The van der Waals surface area contributed by atoms with Crippen molar-refractivity contribution in [2.24, 2.45) is 17.4 Å². The fourth-order valence-electron chi connectivity index (χ4n) is 5.26. The van der Waals surface area contributed by atoms with E-state index in [2.05, 4.69) is 10.6 Å². The van der Waals surface area contributed by atoms with E-state index in [4.69, 9.17) is 26.4 Å². The summed E-state index contributed by atoms with van der Waals surface area (Å²) in [7, 11) is -2.45. The van der Waals surface area contributed by atoms with Crippen molar-refractivity contribution in [2.75, 3.05) is 77.3 Å². The zero-order valence-electron chi connectivity index (χ0n) is 27.8. The maximum Gasteiger partial charge on any atom is 0.227 e. The highest BCUT2D eigenvalue weighted by Crippen LogP contribution is 2.23. The number of carbonyl (C=O) groups excluding carboxylic acids is 4. The van der Waals surface area contributed by atoms with Crippen LogP contribution in [0.15, 0.2) is 53.4 Å². The first-order valence-corrected chi connectivity index (χ1v) is 17.7. The zero-order chi connectivity index (χ0) is 35.8. The van der Waals surface area contributed by atoms with Gasteiger partial charge in [-0.3, -0.25) is 24.6 Å². The lowest BCUT2D eigenvalue weighted by molar-refractivity contribution is -0.142. The van der Waals surface area contributed by atoms with Crippen LogP contribution in [0.3, 0.4) is 0 Å². The monoisotopic (exact) mass is 701 g/mol. The molecule has 1 aliphatic rings. The number of piperazine rings is 1. The van der Waals surface area contributed by atoms with Crippen LogP contribution in [-0.2, 0) is 44.9 Å². The van der Waals surface area contributed by atoms with Crippen molar-refractivity contribution in [1.29, 1.82) is 5.41 Å². The Hall–Kier alpha value is -4.38. The molecule has 0 aromatic heterocycles. The summed E-state index contributed by atoms with van der Waals surface area (Å²) in [5.74, 6) is -2.87. The van der Waals surface area contributed by atoms with Crippen LogP contribution in [0.5, 0.6) is 0 Å². The Morgan fingerprint density at radius 2 is 1.63 bits per heavy atom. The molecule has 0 saturated carbocycles. The molecular weight excluding hydrogens is 654 g/mol. The molecule has 16 heteroatoms. The van der Waals surface area contributed by atoms with Crippen molar-refractivity contribution >= 4 is 45.0 Å². The van der Waals surface area contributed by atoms with Gasteiger partial charge in [-0.05, 0) is 36.2 Å². The SMILES string of the molecule is COCCOCCNC(=O)CCC(=O)N1CCN(C(=O)[C@H](Cc2cccc(C(=N)N)c2)CS(=O)(=O)c2cccc(NC(=O)CCN)c2)CC1. The van der Waals surface area contributed by atoms with Gasteiger partial charge in [0.25, 0.3) is 0 Å². The van der Waals surface area contributed by atoms with Crippen molar-refractivity contribution in [1.82, 2.24) is 15.1 Å². The Morgan fingerprint density at radius 3 is 2.33 bits per heavy atom. The molecule has 2 aromatic rings. The summed E-state index contributed by atoms with van der Waals surface area (Å²) in [6, 6.07) is 12.6. The number of benzene rings is 2. The Labute approximate surface area is 287 Å². The number of nitrogens with one attached hydrogen (secondary N) is 3. The highest BCUT2D eigenvalue weighted by molar-refractivity contribution is 7.91. The van der Waals surface area contributed by atoms with E-state index in [0.29, 0.717) is 43.2 Å². The van der Waals surface area contributed by atoms with E-state index >= 15 is 0 Å². The van der Waals surface area contributed by atoms with Crippen LogP contribution in [0.1, 0.15) is 30.4 Å². The van der Waals surface area contributed by atoms with E-state index < -0.39 is 21.5 Å². The lowest BCUT2D eigenvalue weighted by Gasteiger charge is -2.36. The van der Waals surface area contributed by atoms with Crippen LogP contribution in [0.25, 0.3) is 0 Å². The van der Waals surface area contributed by atoms with Crippen LogP contribution in [0, 0.1) is 11.3 Å². The molecule has 4 amide bonds. The molecule has 15 nitrogen and oxygen atoms in total. The van der Waals surface area contributed by atoms with Gasteiger partial charge in [0, 0.05) is 76.9 Å². The Balaban J connectivity index is 1.66. The summed E-state index contributed by atoms with van der Waals surface area (Å²) in [6.07, 6.45) is 0.182. The van der Waals surface area contributed by atoms with Gasteiger partial charge < -0.3 is 41.4 Å². The predicted octanol–water partition coefficient (Wildman–Crippen LogP) is 0.121. The van der Waals surface area contributed by atoms with Gasteiger partial charge in [-0.25, -0.2) is 8.42 Å². The topological polar surface area (TPSA) is 227 Å². The Morgan fingerprint density at radius 1 is 0.918 bits per heavy atom. The smallest absolute Gasteiger partial charge is 0.227 e. The van der Waals surface area contributed by atoms with E-state index in [1.165, 1.54) is 18.2 Å². The number of carbonyl (C=O) groups is 4. The molecule has 1 heterocycles. The van der Waals surface area contributed by atoms with E-state index in [-0.39, 0.29) is 92.8 Å². The lowest BCUT2D eigenvalue weighted by Crippen LogP contribution is -2.52. The van der Waals surface area contributed by atoms with E-state index in [0.717, 1.165) is 0 Å². The van der Waals surface area contributed by atoms with E-state index in [1.54, 1.807) is 47.2 Å². The summed E-state index contributed by atoms with van der Waals surface area (Å²) in [5, 5.41) is 13.1. The molecule has 0 radical (unpaired) electrons. The number of anilines is 1. The van der Waals surface area contributed by atoms with Gasteiger partial charge in [-0.2, -0.15) is 0 Å². The minimum absolute atomic E-state index is 0.0173. The van der Waals surface area contributed by atoms with Gasteiger partial charge in [0.15, 0.2) is 9.84 Å². The minimum atomic E-state index is -4.02. The Bertz CT molecular complexity index is 1560. The number of ether oxygens (including phenoxy) is 2. The van der Waals surface area contributed by atoms with Gasteiger partial charge in [0.1, 0.15) is 5.84 Å². The molecule has 3 rings (SSSR count). The molecule has 1 atom stereocenters. The van der Waals surface area contributed by atoms with Crippen molar-refractivity contribution in [3.05, 3.63) is 59.7 Å². The second kappa shape index (κ2) is 19.6. The third-order valence-electron chi connectivity index (χ3n) is 7.85. The van der Waals surface area contributed by atoms with Gasteiger partial charge in [0.05, 0.1) is 36.4 Å². The van der Waals surface area contributed by atoms with Gasteiger partial charge in [0.2, 0.25) is 23.6 Å². The number of nitrogen functional groups attached to an aromatic ring is 1. The number of methoxy groups -OCH3 is 1. The van der Waals surface area contributed by atoms with Crippen LogP contribution in [0.2, 0.25) is 0 Å². The summed E-state index contributed by atoms with van der Waals surface area (Å²) in [4.78, 5) is 54.1. The second-order valence-corrected chi connectivity index (χ2v) is 13.6. The molecule has 1 fully saturated rings. The highest BCUT2D eigenvalue weighted by Gasteiger charge is 2.33. The number of hydrogen-bond donors (Lipinski definition) is 5. The number of rotatable bonds is 19. The molecule has 0 aliphatic carbocycles. The fraction of sp³-hybridized carbons (Fsp3) is 0.485. The molecule has 0 spiro atoms. The van der Waals surface area contributed by atoms with Gasteiger partial charge in [-0.15, -0.1) is 0 Å². The van der Waals surface area contributed by atoms with E-state index in [9.17, 15) is 27.6 Å². The number of amidine groups is 1. The average Bonchev–Trinajstić information content (AvgIpc) is 3.08. The normalized spacial score (nSPS) is 13.8. The molecule has 0 unspecified atom stereocenters. The molecule has 7 N–H and O–H groups in total. The summed E-state index contributed by atoms with van der Waals surface area (Å²) >= 11 is 0. The number of amides is 4. The van der Waals surface area contributed by atoms with Crippen molar-refractivity contribution in [3.8, 4) is 0 Å². The fourth-order valence-corrected chi connectivity index (χ4v) is 6.83. The van der Waals surface area contributed by atoms with Crippen molar-refractivity contribution in [2.45, 2.75) is 30.6 Å².